The van der Waals surface area contributed by atoms with E-state index in [2.05, 4.69) is 31.8 Å². The van der Waals surface area contributed by atoms with Crippen molar-refractivity contribution in [2.45, 2.75) is 91.3 Å². The number of rotatable bonds is 5. The standard InChI is InChI=1S/C28H42N2O4/c1-19(2)25-13-11-20(3)26-15-24(34-28(32)14-12-22-17-30(5)18-29-22)10-8-6-7-9-23(16-27(25)26)33-21(4)31/h11-12,14,17-19,23-27H,6-10,13,15-16H2,1-5H3. The smallest absolute Gasteiger partial charge is 0.331 e. The number of carbonyl (C=O) groups excluding carboxylic acids is 2. The molecule has 0 radical (unpaired) electrons. The van der Waals surface area contributed by atoms with Crippen molar-refractivity contribution in [3.8, 4) is 0 Å². The lowest BCUT2D eigenvalue weighted by atomic mass is 9.64. The predicted molar refractivity (Wildman–Crippen MR) is 134 cm³/mol. The highest BCUT2D eigenvalue weighted by Gasteiger charge is 2.38. The van der Waals surface area contributed by atoms with E-state index in [0.29, 0.717) is 23.7 Å². The van der Waals surface area contributed by atoms with E-state index in [1.165, 1.54) is 18.6 Å². The maximum absolute atomic E-state index is 12.7. The molecule has 0 N–H and O–H groups in total. The largest absolute Gasteiger partial charge is 0.463 e. The molecule has 2 aliphatic rings. The number of nitrogens with zero attached hydrogens (tertiary/aromatic N) is 2. The quantitative estimate of drug-likeness (QED) is 0.305. The summed E-state index contributed by atoms with van der Waals surface area (Å²) in [5, 5.41) is 0. The highest BCUT2D eigenvalue weighted by molar-refractivity contribution is 5.86. The van der Waals surface area contributed by atoms with Crippen LogP contribution in [-0.2, 0) is 26.1 Å². The zero-order valence-corrected chi connectivity index (χ0v) is 21.5. The molecule has 0 saturated heterocycles. The topological polar surface area (TPSA) is 70.4 Å². The van der Waals surface area contributed by atoms with Gasteiger partial charge in [-0.05, 0) is 81.6 Å². The number of esters is 2. The van der Waals surface area contributed by atoms with Crippen LogP contribution in [-0.4, -0.2) is 33.7 Å². The summed E-state index contributed by atoms with van der Waals surface area (Å²) in [7, 11) is 1.90. The molecular formula is C28H42N2O4. The van der Waals surface area contributed by atoms with Crippen molar-refractivity contribution in [2.75, 3.05) is 0 Å². The molecule has 3 rings (SSSR count). The normalized spacial score (nSPS) is 28.6. The van der Waals surface area contributed by atoms with Gasteiger partial charge in [-0.15, -0.1) is 0 Å². The number of hydrogen-bond donors (Lipinski definition) is 0. The molecule has 0 aromatic carbocycles. The third-order valence-corrected chi connectivity index (χ3v) is 7.55. The first-order valence-electron chi connectivity index (χ1n) is 12.9. The zero-order chi connectivity index (χ0) is 24.7. The first-order valence-corrected chi connectivity index (χ1v) is 12.9. The average molecular weight is 471 g/mol. The number of hydrogen-bond acceptors (Lipinski definition) is 5. The summed E-state index contributed by atoms with van der Waals surface area (Å²) in [5.41, 5.74) is 2.12. The van der Waals surface area contributed by atoms with Gasteiger partial charge in [-0.3, -0.25) is 4.79 Å². The molecule has 1 heterocycles. The van der Waals surface area contributed by atoms with Crippen LogP contribution in [0.4, 0.5) is 0 Å². The fourth-order valence-electron chi connectivity index (χ4n) is 5.82. The lowest BCUT2D eigenvalue weighted by Gasteiger charge is -2.42. The van der Waals surface area contributed by atoms with E-state index in [0.717, 1.165) is 57.1 Å². The van der Waals surface area contributed by atoms with Crippen LogP contribution in [0.25, 0.3) is 6.08 Å². The molecule has 0 bridgehead atoms. The lowest BCUT2D eigenvalue weighted by Crippen LogP contribution is -2.37. The van der Waals surface area contributed by atoms with E-state index in [4.69, 9.17) is 9.47 Å². The number of ether oxygens (including phenoxy) is 2. The second-order valence-corrected chi connectivity index (χ2v) is 10.6. The van der Waals surface area contributed by atoms with Crippen molar-refractivity contribution in [3.63, 3.8) is 0 Å². The fourth-order valence-corrected chi connectivity index (χ4v) is 5.82. The van der Waals surface area contributed by atoms with E-state index in [1.54, 1.807) is 12.4 Å². The Morgan fingerprint density at radius 2 is 1.82 bits per heavy atom. The van der Waals surface area contributed by atoms with Crippen molar-refractivity contribution in [2.24, 2.45) is 30.7 Å². The van der Waals surface area contributed by atoms with E-state index in [1.807, 2.05) is 17.8 Å². The van der Waals surface area contributed by atoms with Crippen LogP contribution in [0.15, 0.2) is 30.2 Å². The lowest BCUT2D eigenvalue weighted by molar-refractivity contribution is -0.149. The van der Waals surface area contributed by atoms with Gasteiger partial charge in [0, 0.05) is 26.2 Å². The number of aryl methyl sites for hydroxylation is 1. The molecule has 0 aliphatic heterocycles. The highest BCUT2D eigenvalue weighted by Crippen LogP contribution is 2.45. The van der Waals surface area contributed by atoms with Crippen LogP contribution in [0.2, 0.25) is 0 Å². The third kappa shape index (κ3) is 7.57. The molecule has 1 aromatic rings. The SMILES string of the molecule is CC(=O)OC1CCCCCC(OC(=O)C=Cc2cn(C)cn2)CC2C(C)=CCC(C(C)C)C2C1. The predicted octanol–water partition coefficient (Wildman–Crippen LogP) is 5.88. The molecular weight excluding hydrogens is 428 g/mol. The van der Waals surface area contributed by atoms with Crippen molar-refractivity contribution in [3.05, 3.63) is 35.9 Å². The van der Waals surface area contributed by atoms with Gasteiger partial charge in [0.25, 0.3) is 0 Å². The molecule has 5 atom stereocenters. The Bertz CT molecular complexity index is 885. The second-order valence-electron chi connectivity index (χ2n) is 10.6. The summed E-state index contributed by atoms with van der Waals surface area (Å²) in [5.74, 6) is 1.33. The summed E-state index contributed by atoms with van der Waals surface area (Å²) in [6.07, 6.45) is 16.6. The summed E-state index contributed by atoms with van der Waals surface area (Å²) in [6, 6.07) is 0. The van der Waals surface area contributed by atoms with Gasteiger partial charge >= 0.3 is 11.9 Å². The van der Waals surface area contributed by atoms with Crippen molar-refractivity contribution in [1.29, 1.82) is 0 Å². The molecule has 188 valence electrons. The van der Waals surface area contributed by atoms with Gasteiger partial charge in [0.2, 0.25) is 0 Å². The Morgan fingerprint density at radius 1 is 1.12 bits per heavy atom. The number of fused-ring (bicyclic) bond motifs is 1. The zero-order valence-electron chi connectivity index (χ0n) is 21.5. The number of aromatic nitrogens is 2. The highest BCUT2D eigenvalue weighted by atomic mass is 16.5. The summed E-state index contributed by atoms with van der Waals surface area (Å²) in [6.45, 7) is 8.32. The summed E-state index contributed by atoms with van der Waals surface area (Å²) in [4.78, 5) is 28.7. The Kier molecular flexibility index (Phi) is 9.54. The maximum atomic E-state index is 12.7. The molecule has 0 spiro atoms. The van der Waals surface area contributed by atoms with Gasteiger partial charge in [-0.2, -0.15) is 0 Å². The minimum Gasteiger partial charge on any atom is -0.463 e. The average Bonchev–Trinajstić information content (AvgIpc) is 3.16. The van der Waals surface area contributed by atoms with Crippen LogP contribution in [0.1, 0.15) is 84.8 Å². The Balaban J connectivity index is 1.79. The van der Waals surface area contributed by atoms with Gasteiger partial charge in [-0.25, -0.2) is 9.78 Å². The van der Waals surface area contributed by atoms with Crippen molar-refractivity contribution < 1.29 is 19.1 Å². The van der Waals surface area contributed by atoms with Gasteiger partial charge in [0.1, 0.15) is 12.2 Å². The first kappa shape index (κ1) is 26.2. The van der Waals surface area contributed by atoms with Crippen molar-refractivity contribution in [1.82, 2.24) is 9.55 Å². The van der Waals surface area contributed by atoms with Crippen LogP contribution in [0.5, 0.6) is 0 Å². The molecule has 1 saturated carbocycles. The van der Waals surface area contributed by atoms with Crippen LogP contribution in [0.3, 0.4) is 0 Å². The van der Waals surface area contributed by atoms with Crippen molar-refractivity contribution >= 4 is 18.0 Å². The van der Waals surface area contributed by atoms with E-state index in [-0.39, 0.29) is 24.1 Å². The van der Waals surface area contributed by atoms with Crippen LogP contribution < -0.4 is 0 Å². The molecule has 6 nitrogen and oxygen atoms in total. The van der Waals surface area contributed by atoms with E-state index >= 15 is 0 Å². The fraction of sp³-hybridized carbons (Fsp3) is 0.679. The molecule has 34 heavy (non-hydrogen) atoms. The second kappa shape index (κ2) is 12.4. The summed E-state index contributed by atoms with van der Waals surface area (Å²) >= 11 is 0. The number of imidazole rings is 1. The van der Waals surface area contributed by atoms with Crippen LogP contribution in [0, 0.1) is 23.7 Å². The molecule has 6 heteroatoms. The Hall–Kier alpha value is -2.37. The van der Waals surface area contributed by atoms with Gasteiger partial charge < -0.3 is 14.0 Å². The molecule has 0 amide bonds. The minimum atomic E-state index is -0.308. The molecule has 1 fully saturated rings. The van der Waals surface area contributed by atoms with Gasteiger partial charge in [-0.1, -0.05) is 31.9 Å². The monoisotopic (exact) mass is 470 g/mol. The Morgan fingerprint density at radius 3 is 2.44 bits per heavy atom. The third-order valence-electron chi connectivity index (χ3n) is 7.55. The number of allylic oxidation sites excluding steroid dienone is 2. The molecule has 5 unspecified atom stereocenters. The molecule has 1 aromatic heterocycles. The van der Waals surface area contributed by atoms with Gasteiger partial charge in [0.05, 0.1) is 12.0 Å². The van der Waals surface area contributed by atoms with E-state index in [9.17, 15) is 9.59 Å². The number of carbonyl (C=O) groups is 2. The van der Waals surface area contributed by atoms with E-state index < -0.39 is 0 Å². The summed E-state index contributed by atoms with van der Waals surface area (Å²) < 4.78 is 13.6. The maximum Gasteiger partial charge on any atom is 0.331 e. The van der Waals surface area contributed by atoms with Crippen LogP contribution >= 0.6 is 0 Å². The Labute approximate surface area is 204 Å². The first-order chi connectivity index (χ1) is 16.2. The minimum absolute atomic E-state index is 0.0300. The van der Waals surface area contributed by atoms with Gasteiger partial charge in [0.15, 0.2) is 0 Å². The molecule has 2 aliphatic carbocycles.